The summed E-state index contributed by atoms with van der Waals surface area (Å²) in [4.78, 5) is 2.01. The summed E-state index contributed by atoms with van der Waals surface area (Å²) in [6.07, 6.45) is 0.676. The first-order chi connectivity index (χ1) is 8.08. The van der Waals surface area contributed by atoms with E-state index in [9.17, 15) is 14.6 Å². The van der Waals surface area contributed by atoms with Gasteiger partial charge in [0.05, 0.1) is 12.2 Å². The zero-order valence-electron chi connectivity index (χ0n) is 9.93. The lowest BCUT2D eigenvalue weighted by atomic mass is 10.0. The lowest BCUT2D eigenvalue weighted by molar-refractivity contribution is 0.153. The predicted molar refractivity (Wildman–Crippen MR) is 64.5 cm³/mol. The third-order valence-corrected chi connectivity index (χ3v) is 3.18. The van der Waals surface area contributed by atoms with Crippen LogP contribution in [0.5, 0.6) is 0 Å². The molecule has 0 spiro atoms. The smallest absolute Gasteiger partial charge is 0.123 e. The van der Waals surface area contributed by atoms with Crippen molar-refractivity contribution in [3.8, 4) is 0 Å². The fraction of sp³-hybridized carbons (Fsp3) is 0.538. The quantitative estimate of drug-likeness (QED) is 0.827. The summed E-state index contributed by atoms with van der Waals surface area (Å²) >= 11 is 0. The molecule has 1 saturated heterocycles. The average Bonchev–Trinajstić information content (AvgIpc) is 2.28. The van der Waals surface area contributed by atoms with Gasteiger partial charge in [0.1, 0.15) is 5.82 Å². The molecule has 1 aromatic rings. The van der Waals surface area contributed by atoms with E-state index in [1.165, 1.54) is 12.1 Å². The molecule has 1 aromatic carbocycles. The second-order valence-corrected chi connectivity index (χ2v) is 4.62. The number of hydrogen-bond acceptors (Lipinski definition) is 3. The lowest BCUT2D eigenvalue weighted by Gasteiger charge is -2.33. The Morgan fingerprint density at radius 3 is 2.88 bits per heavy atom. The molecular weight excluding hydrogens is 221 g/mol. The molecule has 0 bridgehead atoms. The third kappa shape index (κ3) is 2.76. The molecule has 2 atom stereocenters. The molecule has 1 fully saturated rings. The minimum atomic E-state index is -0.709. The number of benzene rings is 1. The maximum atomic E-state index is 13.2. The van der Waals surface area contributed by atoms with Crippen molar-refractivity contribution in [2.24, 2.45) is 0 Å². The highest BCUT2D eigenvalue weighted by Crippen LogP contribution is 2.29. The van der Waals surface area contributed by atoms with Crippen LogP contribution < -0.4 is 4.90 Å². The highest BCUT2D eigenvalue weighted by atomic mass is 19.1. The van der Waals surface area contributed by atoms with Crippen molar-refractivity contribution in [2.45, 2.75) is 32.0 Å². The van der Waals surface area contributed by atoms with E-state index in [0.29, 0.717) is 12.1 Å². The number of aliphatic hydroxyl groups excluding tert-OH is 2. The fourth-order valence-corrected chi connectivity index (χ4v) is 2.32. The van der Waals surface area contributed by atoms with Gasteiger partial charge in [0, 0.05) is 24.3 Å². The molecule has 3 nitrogen and oxygen atoms in total. The molecule has 1 aliphatic heterocycles. The van der Waals surface area contributed by atoms with Crippen LogP contribution in [0.3, 0.4) is 0 Å². The highest BCUT2D eigenvalue weighted by Gasteiger charge is 2.21. The lowest BCUT2D eigenvalue weighted by Crippen LogP contribution is -2.38. The van der Waals surface area contributed by atoms with Crippen LogP contribution in [0.2, 0.25) is 0 Å². The van der Waals surface area contributed by atoms with E-state index in [4.69, 9.17) is 0 Å². The maximum absolute atomic E-state index is 13.2. The van der Waals surface area contributed by atoms with E-state index in [2.05, 4.69) is 0 Å². The summed E-state index contributed by atoms with van der Waals surface area (Å²) in [5.74, 6) is -0.345. The molecule has 0 radical (unpaired) electrons. The van der Waals surface area contributed by atoms with Crippen molar-refractivity contribution >= 4 is 5.69 Å². The molecule has 17 heavy (non-hydrogen) atoms. The molecule has 1 unspecified atom stereocenters. The van der Waals surface area contributed by atoms with Crippen LogP contribution in [0, 0.1) is 5.82 Å². The first-order valence-electron chi connectivity index (χ1n) is 5.98. The molecular formula is C13H18FNO2. The molecule has 2 N–H and O–H groups in total. The van der Waals surface area contributed by atoms with Gasteiger partial charge in [-0.1, -0.05) is 0 Å². The van der Waals surface area contributed by atoms with Gasteiger partial charge in [-0.05, 0) is 38.0 Å². The Morgan fingerprint density at radius 1 is 1.47 bits per heavy atom. The number of aliphatic hydroxyl groups is 2. The van der Waals surface area contributed by atoms with Crippen LogP contribution in [-0.2, 0) is 0 Å². The molecule has 0 amide bonds. The number of anilines is 1. The van der Waals surface area contributed by atoms with Gasteiger partial charge in [0.15, 0.2) is 0 Å². The SMILES string of the molecule is C[C@@H](O)c1cc(F)ccc1N1CCCC(O)C1. The summed E-state index contributed by atoms with van der Waals surface area (Å²) in [7, 11) is 0. The monoisotopic (exact) mass is 239 g/mol. The van der Waals surface area contributed by atoms with Crippen LogP contribution in [0.1, 0.15) is 31.4 Å². The van der Waals surface area contributed by atoms with Gasteiger partial charge in [-0.25, -0.2) is 4.39 Å². The molecule has 1 heterocycles. The van der Waals surface area contributed by atoms with Crippen LogP contribution in [0.4, 0.5) is 10.1 Å². The number of β-amino-alcohol motifs (C(OH)–C–C–N with tert-alkyl or cyclic N) is 1. The van der Waals surface area contributed by atoms with Gasteiger partial charge in [-0.15, -0.1) is 0 Å². The average molecular weight is 239 g/mol. The van der Waals surface area contributed by atoms with E-state index in [-0.39, 0.29) is 11.9 Å². The molecule has 0 aliphatic carbocycles. The Labute approximate surface area is 100 Å². The van der Waals surface area contributed by atoms with Gasteiger partial charge in [-0.3, -0.25) is 0 Å². The first kappa shape index (κ1) is 12.3. The van der Waals surface area contributed by atoms with Crippen molar-refractivity contribution in [3.63, 3.8) is 0 Å². The largest absolute Gasteiger partial charge is 0.391 e. The minimum Gasteiger partial charge on any atom is -0.391 e. The van der Waals surface area contributed by atoms with Gasteiger partial charge in [0.25, 0.3) is 0 Å². The number of halogens is 1. The van der Waals surface area contributed by atoms with E-state index >= 15 is 0 Å². The normalized spacial score (nSPS) is 22.6. The maximum Gasteiger partial charge on any atom is 0.123 e. The first-order valence-corrected chi connectivity index (χ1v) is 5.98. The van der Waals surface area contributed by atoms with Crippen LogP contribution in [0.25, 0.3) is 0 Å². The summed E-state index contributed by atoms with van der Waals surface area (Å²) in [5, 5.41) is 19.3. The Balaban J connectivity index is 2.30. The topological polar surface area (TPSA) is 43.7 Å². The number of hydrogen-bond donors (Lipinski definition) is 2. The summed E-state index contributed by atoms with van der Waals surface area (Å²) in [6.45, 7) is 3.01. The highest BCUT2D eigenvalue weighted by molar-refractivity contribution is 5.55. The zero-order valence-corrected chi connectivity index (χ0v) is 9.93. The number of rotatable bonds is 2. The molecule has 0 saturated carbocycles. The Hall–Kier alpha value is -1.13. The van der Waals surface area contributed by atoms with E-state index in [1.54, 1.807) is 13.0 Å². The van der Waals surface area contributed by atoms with Crippen molar-refractivity contribution in [2.75, 3.05) is 18.0 Å². The van der Waals surface area contributed by atoms with Crippen molar-refractivity contribution in [1.82, 2.24) is 0 Å². The van der Waals surface area contributed by atoms with Crippen LogP contribution in [-0.4, -0.2) is 29.4 Å². The van der Waals surface area contributed by atoms with E-state index < -0.39 is 6.10 Å². The Kier molecular flexibility index (Phi) is 3.64. The van der Waals surface area contributed by atoms with Crippen molar-refractivity contribution in [1.29, 1.82) is 0 Å². The number of piperidine rings is 1. The summed E-state index contributed by atoms with van der Waals surface area (Å²) in [6, 6.07) is 4.43. The standard InChI is InChI=1S/C13H18FNO2/c1-9(16)12-7-10(14)4-5-13(12)15-6-2-3-11(17)8-15/h4-5,7,9,11,16-17H,2-3,6,8H2,1H3/t9-,11?/m1/s1. The Bertz CT molecular complexity index is 395. The van der Waals surface area contributed by atoms with Gasteiger partial charge in [-0.2, -0.15) is 0 Å². The predicted octanol–water partition coefficient (Wildman–Crippen LogP) is 1.84. The summed E-state index contributed by atoms with van der Waals surface area (Å²) in [5.41, 5.74) is 1.40. The third-order valence-electron chi connectivity index (χ3n) is 3.18. The second kappa shape index (κ2) is 5.02. The molecule has 1 aliphatic rings. The molecule has 0 aromatic heterocycles. The molecule has 4 heteroatoms. The zero-order chi connectivity index (χ0) is 12.4. The summed E-state index contributed by atoms with van der Waals surface area (Å²) < 4.78 is 13.2. The van der Waals surface area contributed by atoms with Crippen LogP contribution >= 0.6 is 0 Å². The minimum absolute atomic E-state index is 0.337. The second-order valence-electron chi connectivity index (χ2n) is 4.62. The van der Waals surface area contributed by atoms with Gasteiger partial charge in [0.2, 0.25) is 0 Å². The van der Waals surface area contributed by atoms with E-state index in [1.807, 2.05) is 4.90 Å². The van der Waals surface area contributed by atoms with Crippen molar-refractivity contribution in [3.05, 3.63) is 29.6 Å². The number of nitrogens with zero attached hydrogens (tertiary/aromatic N) is 1. The van der Waals surface area contributed by atoms with Gasteiger partial charge < -0.3 is 15.1 Å². The fourth-order valence-electron chi connectivity index (χ4n) is 2.32. The van der Waals surface area contributed by atoms with Gasteiger partial charge >= 0.3 is 0 Å². The molecule has 94 valence electrons. The Morgan fingerprint density at radius 2 is 2.24 bits per heavy atom. The van der Waals surface area contributed by atoms with Crippen molar-refractivity contribution < 1.29 is 14.6 Å². The molecule has 2 rings (SSSR count). The van der Waals surface area contributed by atoms with E-state index in [0.717, 1.165) is 25.1 Å². The van der Waals surface area contributed by atoms with Crippen LogP contribution in [0.15, 0.2) is 18.2 Å².